The second-order valence-corrected chi connectivity index (χ2v) is 7.04. The third-order valence-electron chi connectivity index (χ3n) is 4.01. The lowest BCUT2D eigenvalue weighted by Gasteiger charge is -2.09. The fraction of sp³-hybridized carbons (Fsp3) is 0.211. The maximum Gasteiger partial charge on any atom is 0.225 e. The Morgan fingerprint density at radius 1 is 1.33 bits per heavy atom. The first-order valence-electron chi connectivity index (χ1n) is 8.27. The molecule has 0 saturated heterocycles. The van der Waals surface area contributed by atoms with E-state index in [9.17, 15) is 9.18 Å². The van der Waals surface area contributed by atoms with Gasteiger partial charge in [-0.3, -0.25) is 9.48 Å². The average Bonchev–Trinajstić information content (AvgIpc) is 2.97. The van der Waals surface area contributed by atoms with Gasteiger partial charge in [-0.15, -0.1) is 11.8 Å². The zero-order valence-electron chi connectivity index (χ0n) is 15.1. The molecule has 0 radical (unpaired) electrons. The van der Waals surface area contributed by atoms with Crippen molar-refractivity contribution in [3.8, 4) is 22.4 Å². The number of carbonyl (C=O) groups is 1. The minimum absolute atomic E-state index is 0.125. The van der Waals surface area contributed by atoms with Gasteiger partial charge in [0, 0.05) is 35.8 Å². The number of anilines is 1. The smallest absolute Gasteiger partial charge is 0.225 e. The Morgan fingerprint density at radius 2 is 2.11 bits per heavy atom. The molecule has 0 aliphatic carbocycles. The van der Waals surface area contributed by atoms with Crippen molar-refractivity contribution in [2.24, 2.45) is 7.05 Å². The fourth-order valence-electron chi connectivity index (χ4n) is 2.76. The van der Waals surface area contributed by atoms with Crippen LogP contribution in [-0.4, -0.2) is 26.9 Å². The number of benzene rings is 1. The Balaban J connectivity index is 2.18. The molecule has 0 aliphatic heterocycles. The highest BCUT2D eigenvalue weighted by atomic mass is 35.5. The predicted octanol–water partition coefficient (Wildman–Crippen LogP) is 5.01. The lowest BCUT2D eigenvalue weighted by molar-refractivity contribution is -0.115. The summed E-state index contributed by atoms with van der Waals surface area (Å²) in [6.45, 7) is 1.77. The van der Waals surface area contributed by atoms with E-state index in [2.05, 4.69) is 15.4 Å². The predicted molar refractivity (Wildman–Crippen MR) is 108 cm³/mol. The maximum absolute atomic E-state index is 14.6. The third-order valence-corrected chi connectivity index (χ3v) is 5.10. The number of hydrogen-bond acceptors (Lipinski definition) is 4. The Morgan fingerprint density at radius 3 is 2.78 bits per heavy atom. The number of halogens is 2. The molecule has 1 aromatic carbocycles. The van der Waals surface area contributed by atoms with Crippen LogP contribution in [0.4, 0.5) is 10.2 Å². The quantitative estimate of drug-likeness (QED) is 0.607. The molecule has 0 unspecified atom stereocenters. The van der Waals surface area contributed by atoms with Crippen LogP contribution in [0.2, 0.25) is 5.02 Å². The summed E-state index contributed by atoms with van der Waals surface area (Å²) < 4.78 is 16.3. The number of rotatable bonds is 5. The number of thioether (sulfide) groups is 1. The van der Waals surface area contributed by atoms with Crippen molar-refractivity contribution in [1.82, 2.24) is 14.8 Å². The van der Waals surface area contributed by atoms with E-state index < -0.39 is 5.82 Å². The molecule has 0 aliphatic rings. The number of hydrogen-bond donors (Lipinski definition) is 1. The Hall–Kier alpha value is -2.38. The molecule has 0 saturated carbocycles. The van der Waals surface area contributed by atoms with Gasteiger partial charge >= 0.3 is 0 Å². The summed E-state index contributed by atoms with van der Waals surface area (Å²) in [6.07, 6.45) is 3.90. The Labute approximate surface area is 166 Å². The van der Waals surface area contributed by atoms with E-state index in [1.165, 1.54) is 17.8 Å². The van der Waals surface area contributed by atoms with Gasteiger partial charge in [0.15, 0.2) is 0 Å². The van der Waals surface area contributed by atoms with Gasteiger partial charge in [-0.05, 0) is 42.2 Å². The number of aromatic nitrogens is 3. The Kier molecular flexibility index (Phi) is 5.82. The molecule has 140 valence electrons. The summed E-state index contributed by atoms with van der Waals surface area (Å²) >= 11 is 7.40. The number of aryl methyl sites for hydroxylation is 1. The summed E-state index contributed by atoms with van der Waals surface area (Å²) in [5.74, 6) is -0.124. The van der Waals surface area contributed by atoms with E-state index in [0.717, 1.165) is 16.2 Å². The van der Waals surface area contributed by atoms with Gasteiger partial charge in [-0.25, -0.2) is 9.37 Å². The first-order valence-corrected chi connectivity index (χ1v) is 9.87. The van der Waals surface area contributed by atoms with Crippen LogP contribution < -0.4 is 5.32 Å². The minimum atomic E-state index is -0.442. The van der Waals surface area contributed by atoms with E-state index in [4.69, 9.17) is 11.6 Å². The normalized spacial score (nSPS) is 10.9. The van der Waals surface area contributed by atoms with E-state index in [1.54, 1.807) is 36.0 Å². The van der Waals surface area contributed by atoms with Crippen molar-refractivity contribution in [3.05, 3.63) is 47.4 Å². The lowest BCUT2D eigenvalue weighted by Crippen LogP contribution is -2.10. The van der Waals surface area contributed by atoms with Crippen molar-refractivity contribution in [3.63, 3.8) is 0 Å². The van der Waals surface area contributed by atoms with E-state index in [0.29, 0.717) is 28.5 Å². The van der Waals surface area contributed by atoms with Gasteiger partial charge in [0.2, 0.25) is 5.91 Å². The summed E-state index contributed by atoms with van der Waals surface area (Å²) in [7, 11) is 1.81. The van der Waals surface area contributed by atoms with Crippen LogP contribution in [0.1, 0.15) is 13.3 Å². The lowest BCUT2D eigenvalue weighted by atomic mass is 10.0. The van der Waals surface area contributed by atoms with Crippen LogP contribution in [0, 0.1) is 5.82 Å². The van der Waals surface area contributed by atoms with Gasteiger partial charge in [0.1, 0.15) is 22.4 Å². The number of amides is 1. The number of nitrogens with zero attached hydrogens (tertiary/aromatic N) is 3. The Bertz CT molecular complexity index is 1010. The molecular formula is C19H18ClFN4OS. The van der Waals surface area contributed by atoms with Crippen LogP contribution in [0.3, 0.4) is 0 Å². The van der Waals surface area contributed by atoms with Gasteiger partial charge in [0.25, 0.3) is 0 Å². The van der Waals surface area contributed by atoms with Crippen molar-refractivity contribution < 1.29 is 9.18 Å². The summed E-state index contributed by atoms with van der Waals surface area (Å²) in [5, 5.41) is 8.48. The van der Waals surface area contributed by atoms with Crippen LogP contribution in [0.5, 0.6) is 0 Å². The largest absolute Gasteiger partial charge is 0.311 e. The summed E-state index contributed by atoms with van der Waals surface area (Å²) in [4.78, 5) is 15.9. The molecule has 0 fully saturated rings. The number of pyridine rings is 1. The molecule has 1 N–H and O–H groups in total. The molecule has 0 spiro atoms. The molecular weight excluding hydrogens is 387 g/mol. The second kappa shape index (κ2) is 8.10. The van der Waals surface area contributed by atoms with E-state index in [-0.39, 0.29) is 5.91 Å². The average molecular weight is 405 g/mol. The van der Waals surface area contributed by atoms with Gasteiger partial charge in [0.05, 0.1) is 0 Å². The van der Waals surface area contributed by atoms with E-state index >= 15 is 0 Å². The van der Waals surface area contributed by atoms with Crippen LogP contribution in [-0.2, 0) is 11.8 Å². The molecule has 3 rings (SSSR count). The third kappa shape index (κ3) is 3.99. The zero-order chi connectivity index (χ0) is 19.6. The molecule has 1 amide bonds. The van der Waals surface area contributed by atoms with Crippen LogP contribution in [0.15, 0.2) is 41.6 Å². The van der Waals surface area contributed by atoms with Crippen molar-refractivity contribution in [2.75, 3.05) is 11.6 Å². The highest BCUT2D eigenvalue weighted by Crippen LogP contribution is 2.40. The molecule has 8 heteroatoms. The SMILES string of the molecule is CCC(=O)Nc1cc(-c2c(-c3ccc(Cl)cc3F)nn(C)c2SC)ccn1. The van der Waals surface area contributed by atoms with Gasteiger partial charge < -0.3 is 5.32 Å². The zero-order valence-corrected chi connectivity index (χ0v) is 16.7. The first-order chi connectivity index (χ1) is 12.9. The molecule has 5 nitrogen and oxygen atoms in total. The van der Waals surface area contributed by atoms with Gasteiger partial charge in [-0.2, -0.15) is 5.10 Å². The molecule has 2 aromatic heterocycles. The summed E-state index contributed by atoms with van der Waals surface area (Å²) in [6, 6.07) is 8.11. The van der Waals surface area contributed by atoms with Crippen LogP contribution in [0.25, 0.3) is 22.4 Å². The number of nitrogens with one attached hydrogen (secondary N) is 1. The fourth-order valence-corrected chi connectivity index (χ4v) is 3.64. The van der Waals surface area contributed by atoms with E-state index in [1.807, 2.05) is 19.4 Å². The maximum atomic E-state index is 14.6. The standard InChI is InChI=1S/C19H18ClFN4OS/c1-4-16(26)23-15-9-11(7-8-22-15)17-18(24-25(2)19(17)27-3)13-6-5-12(20)10-14(13)21/h5-10H,4H2,1-3H3,(H,22,23,26). The summed E-state index contributed by atoms with van der Waals surface area (Å²) in [5.41, 5.74) is 2.44. The number of carbonyl (C=O) groups excluding carboxylic acids is 1. The molecule has 0 atom stereocenters. The molecule has 3 aromatic rings. The van der Waals surface area contributed by atoms with Crippen molar-refractivity contribution >= 4 is 35.1 Å². The minimum Gasteiger partial charge on any atom is -0.311 e. The topological polar surface area (TPSA) is 59.8 Å². The van der Waals surface area contributed by atoms with Crippen molar-refractivity contribution in [2.45, 2.75) is 18.4 Å². The van der Waals surface area contributed by atoms with Gasteiger partial charge in [-0.1, -0.05) is 18.5 Å². The second-order valence-electron chi connectivity index (χ2n) is 5.81. The molecule has 27 heavy (non-hydrogen) atoms. The molecule has 0 bridgehead atoms. The highest BCUT2D eigenvalue weighted by Gasteiger charge is 2.21. The highest BCUT2D eigenvalue weighted by molar-refractivity contribution is 7.98. The first kappa shape index (κ1) is 19.4. The van der Waals surface area contributed by atoms with Crippen molar-refractivity contribution in [1.29, 1.82) is 0 Å². The molecule has 2 heterocycles. The monoisotopic (exact) mass is 404 g/mol. The van der Waals surface area contributed by atoms with Crippen LogP contribution >= 0.6 is 23.4 Å².